The second kappa shape index (κ2) is 9.89. The molecule has 0 aliphatic rings. The van der Waals surface area contributed by atoms with Crippen molar-refractivity contribution in [3.05, 3.63) is 53.1 Å². The summed E-state index contributed by atoms with van der Waals surface area (Å²) in [6.07, 6.45) is -0.805. The Labute approximate surface area is 194 Å². The van der Waals surface area contributed by atoms with Crippen molar-refractivity contribution in [3.63, 3.8) is 0 Å². The summed E-state index contributed by atoms with van der Waals surface area (Å²) in [4.78, 5) is 9.91. The molecule has 0 fully saturated rings. The first kappa shape index (κ1) is 25.9. The Morgan fingerprint density at radius 1 is 1.18 bits per heavy atom. The van der Waals surface area contributed by atoms with Crippen molar-refractivity contribution < 1.29 is 44.7 Å². The molecule has 2 aromatic carbocycles. The molecule has 0 amide bonds. The minimum absolute atomic E-state index is 0.105. The van der Waals surface area contributed by atoms with Crippen LogP contribution in [0.3, 0.4) is 0 Å². The van der Waals surface area contributed by atoms with Crippen molar-refractivity contribution in [2.45, 2.75) is 17.6 Å². The van der Waals surface area contributed by atoms with E-state index in [4.69, 9.17) is 14.5 Å². The number of nitrogens with zero attached hydrogens (tertiary/aromatic N) is 1. The summed E-state index contributed by atoms with van der Waals surface area (Å²) in [6, 6.07) is 4.91. The number of ether oxygens (including phenoxy) is 1. The van der Waals surface area contributed by atoms with Crippen LogP contribution in [0.25, 0.3) is 10.1 Å². The van der Waals surface area contributed by atoms with Gasteiger partial charge in [0.05, 0.1) is 16.9 Å². The van der Waals surface area contributed by atoms with Crippen molar-refractivity contribution in [1.82, 2.24) is 4.72 Å². The van der Waals surface area contributed by atoms with Gasteiger partial charge < -0.3 is 14.2 Å². The summed E-state index contributed by atoms with van der Waals surface area (Å²) < 4.78 is 104. The molecule has 0 saturated carbocycles. The average Bonchev–Trinajstić information content (AvgIpc) is 3.23. The lowest BCUT2D eigenvalue weighted by atomic mass is 10.2. The summed E-state index contributed by atoms with van der Waals surface area (Å²) in [7, 11) is -9.32. The second-order valence-corrected chi connectivity index (χ2v) is 11.5. The highest BCUT2D eigenvalue weighted by Gasteiger charge is 2.30. The molecule has 182 valence electrons. The van der Waals surface area contributed by atoms with E-state index >= 15 is 0 Å². The van der Waals surface area contributed by atoms with Gasteiger partial charge in [-0.2, -0.15) is 14.4 Å². The van der Waals surface area contributed by atoms with Crippen LogP contribution in [0.2, 0.25) is 0 Å². The average molecular weight is 538 g/mol. The van der Waals surface area contributed by atoms with Gasteiger partial charge in [0.15, 0.2) is 17.4 Å². The molecule has 3 rings (SSSR count). The Hall–Kier alpha value is -2.69. The first-order chi connectivity index (χ1) is 15.9. The van der Waals surface area contributed by atoms with Crippen LogP contribution in [0.4, 0.5) is 17.6 Å². The molecule has 0 aliphatic heterocycles. The largest absolute Gasteiger partial charge is 0.488 e. The highest BCUT2D eigenvalue weighted by Crippen LogP contribution is 2.43. The molecule has 1 atom stereocenters. The van der Waals surface area contributed by atoms with E-state index in [-0.39, 0.29) is 23.5 Å². The van der Waals surface area contributed by atoms with Crippen molar-refractivity contribution in [3.8, 4) is 17.6 Å². The molecule has 15 heteroatoms. The van der Waals surface area contributed by atoms with Crippen LogP contribution in [0.1, 0.15) is 18.9 Å². The highest BCUT2D eigenvalue weighted by molar-refractivity contribution is 7.92. The number of hydrogen-bond donors (Lipinski definition) is 2. The van der Waals surface area contributed by atoms with E-state index in [1.807, 2.05) is 0 Å². The van der Waals surface area contributed by atoms with Crippen molar-refractivity contribution in [2.75, 3.05) is 12.9 Å². The number of benzene rings is 2. The maximum atomic E-state index is 14.6. The number of halogens is 4. The van der Waals surface area contributed by atoms with Crippen LogP contribution >= 0.6 is 18.9 Å². The molecule has 2 N–H and O–H groups in total. The summed E-state index contributed by atoms with van der Waals surface area (Å²) >= 11 is 0.257. The minimum Gasteiger partial charge on any atom is -0.488 e. The fourth-order valence-corrected chi connectivity index (χ4v) is 6.59. The van der Waals surface area contributed by atoms with Gasteiger partial charge in [0.2, 0.25) is 5.82 Å². The van der Waals surface area contributed by atoms with Crippen LogP contribution in [0.5, 0.6) is 11.5 Å². The molecular formula is C19H15F4N2O6PS2. The van der Waals surface area contributed by atoms with Gasteiger partial charge in [0.1, 0.15) is 28.1 Å². The molecule has 0 radical (unpaired) electrons. The molecule has 1 heterocycles. The number of rotatable bonds is 9. The molecule has 8 nitrogen and oxygen atoms in total. The lowest BCUT2D eigenvalue weighted by Crippen LogP contribution is -2.25. The number of thiophene rings is 1. The van der Waals surface area contributed by atoms with Gasteiger partial charge >= 0.3 is 7.60 Å². The SMILES string of the molecule is CCCOc1c(F)c(F)c2cc(S(=O)(=O)NCP(=O)(O)Oc3ccc(C#N)c(F)c3)sc2c1F. The first-order valence-corrected chi connectivity index (χ1v) is 13.4. The minimum atomic E-state index is -4.72. The number of fused-ring (bicyclic) bond motifs is 1. The van der Waals surface area contributed by atoms with Gasteiger partial charge in [0, 0.05) is 11.5 Å². The predicted octanol–water partition coefficient (Wildman–Crippen LogP) is 4.62. The zero-order valence-electron chi connectivity index (χ0n) is 17.1. The van der Waals surface area contributed by atoms with Gasteiger partial charge in [-0.3, -0.25) is 0 Å². The lowest BCUT2D eigenvalue weighted by Gasteiger charge is -2.14. The highest BCUT2D eigenvalue weighted by atomic mass is 32.2. The molecule has 34 heavy (non-hydrogen) atoms. The summed E-state index contributed by atoms with van der Waals surface area (Å²) in [5.41, 5.74) is -0.343. The maximum absolute atomic E-state index is 14.6. The monoisotopic (exact) mass is 538 g/mol. The molecule has 3 aromatic rings. The van der Waals surface area contributed by atoms with E-state index in [0.29, 0.717) is 18.6 Å². The van der Waals surface area contributed by atoms with Crippen LogP contribution in [0, 0.1) is 34.6 Å². The molecule has 0 saturated heterocycles. The molecule has 1 unspecified atom stereocenters. The third kappa shape index (κ3) is 5.34. The van der Waals surface area contributed by atoms with Gasteiger partial charge in [-0.25, -0.2) is 26.2 Å². The standard InChI is InChI=1S/C19H15F4N2O6PS2/c1-2-5-30-18-16(22)15(21)12-7-14(33-19(12)17(18)23)34(28,29)25-9-32(26,27)31-11-4-3-10(8-24)13(20)6-11/h3-4,6-7,25H,2,5,9H2,1H3,(H,26,27). The Bertz CT molecular complexity index is 1460. The predicted molar refractivity (Wildman–Crippen MR) is 114 cm³/mol. The van der Waals surface area contributed by atoms with Crippen LogP contribution < -0.4 is 14.0 Å². The molecular weight excluding hydrogens is 523 g/mol. The van der Waals surface area contributed by atoms with Crippen molar-refractivity contribution in [2.24, 2.45) is 0 Å². The molecule has 1 aromatic heterocycles. The van der Waals surface area contributed by atoms with Gasteiger partial charge in [-0.05, 0) is 24.6 Å². The van der Waals surface area contributed by atoms with Gasteiger partial charge in [-0.15, -0.1) is 11.3 Å². The van der Waals surface area contributed by atoms with E-state index in [1.165, 1.54) is 0 Å². The number of hydrogen-bond acceptors (Lipinski definition) is 7. The van der Waals surface area contributed by atoms with E-state index in [9.17, 15) is 35.4 Å². The topological polar surface area (TPSA) is 126 Å². The quantitative estimate of drug-likeness (QED) is 0.231. The Morgan fingerprint density at radius 2 is 1.88 bits per heavy atom. The van der Waals surface area contributed by atoms with E-state index in [2.05, 4.69) is 0 Å². The molecule has 0 spiro atoms. The zero-order valence-corrected chi connectivity index (χ0v) is 19.7. The lowest BCUT2D eigenvalue weighted by molar-refractivity contribution is 0.281. The Morgan fingerprint density at radius 3 is 2.50 bits per heavy atom. The maximum Gasteiger partial charge on any atom is 0.391 e. The third-order valence-electron chi connectivity index (χ3n) is 4.22. The van der Waals surface area contributed by atoms with Crippen LogP contribution in [-0.2, 0) is 14.6 Å². The van der Waals surface area contributed by atoms with Gasteiger partial charge in [0.25, 0.3) is 10.0 Å². The van der Waals surface area contributed by atoms with Crippen molar-refractivity contribution in [1.29, 1.82) is 5.26 Å². The molecule has 0 aliphatic carbocycles. The summed E-state index contributed by atoms with van der Waals surface area (Å²) in [5, 5.41) is 8.04. The Kier molecular flexibility index (Phi) is 7.54. The zero-order chi connectivity index (χ0) is 25.3. The fourth-order valence-electron chi connectivity index (χ4n) is 2.65. The molecule has 0 bridgehead atoms. The summed E-state index contributed by atoms with van der Waals surface area (Å²) in [6.45, 7) is 1.55. The summed E-state index contributed by atoms with van der Waals surface area (Å²) in [5.74, 6) is -6.86. The Balaban J connectivity index is 1.84. The number of sulfonamides is 1. The van der Waals surface area contributed by atoms with E-state index in [0.717, 1.165) is 12.1 Å². The first-order valence-electron chi connectivity index (χ1n) is 9.33. The number of nitrogens with one attached hydrogen (secondary N) is 1. The fraction of sp³-hybridized carbons (Fsp3) is 0.211. The van der Waals surface area contributed by atoms with Gasteiger partial charge in [-0.1, -0.05) is 6.92 Å². The normalized spacial score (nSPS) is 13.4. The second-order valence-electron chi connectivity index (χ2n) is 6.72. The number of nitriles is 1. The third-order valence-corrected chi connectivity index (χ3v) is 8.49. The smallest absolute Gasteiger partial charge is 0.391 e. The van der Waals surface area contributed by atoms with Crippen LogP contribution in [0.15, 0.2) is 28.5 Å². The van der Waals surface area contributed by atoms with Crippen LogP contribution in [-0.4, -0.2) is 26.2 Å². The van der Waals surface area contributed by atoms with E-state index in [1.54, 1.807) is 17.7 Å². The van der Waals surface area contributed by atoms with E-state index < -0.39 is 73.0 Å². The van der Waals surface area contributed by atoms with Crippen molar-refractivity contribution >= 4 is 39.0 Å².